The summed E-state index contributed by atoms with van der Waals surface area (Å²) in [7, 11) is 3.07. The van der Waals surface area contributed by atoms with Gasteiger partial charge in [-0.2, -0.15) is 0 Å². The summed E-state index contributed by atoms with van der Waals surface area (Å²) in [4.78, 5) is 0. The van der Waals surface area contributed by atoms with E-state index in [2.05, 4.69) is 0 Å². The molecule has 3 N–H and O–H groups in total. The molecule has 4 heteroatoms. The molecule has 1 fully saturated rings. The zero-order chi connectivity index (χ0) is 11.7. The Kier molecular flexibility index (Phi) is 2.92. The lowest BCUT2D eigenvalue weighted by Crippen LogP contribution is -2.02. The van der Waals surface area contributed by atoms with Crippen LogP contribution in [0.15, 0.2) is 12.1 Å². The number of hydrogen-bond donors (Lipinski definition) is 2. The summed E-state index contributed by atoms with van der Waals surface area (Å²) in [6.07, 6.45) is 1.10. The van der Waals surface area contributed by atoms with Gasteiger partial charge in [0.15, 0.2) is 11.5 Å². The SMILES string of the molecule is COc1cc([C@@H]2C[C@H]2CN)cc(OC)c1O. The Morgan fingerprint density at radius 1 is 1.31 bits per heavy atom. The summed E-state index contributed by atoms with van der Waals surface area (Å²) in [5.41, 5.74) is 6.75. The van der Waals surface area contributed by atoms with Crippen molar-refractivity contribution < 1.29 is 14.6 Å². The summed E-state index contributed by atoms with van der Waals surface area (Å²) >= 11 is 0. The number of rotatable bonds is 4. The molecule has 2 rings (SSSR count). The van der Waals surface area contributed by atoms with Crippen LogP contribution in [0.3, 0.4) is 0 Å². The first-order valence-corrected chi connectivity index (χ1v) is 5.36. The molecule has 16 heavy (non-hydrogen) atoms. The molecule has 0 aliphatic heterocycles. The highest BCUT2D eigenvalue weighted by Gasteiger charge is 2.37. The van der Waals surface area contributed by atoms with E-state index in [0.717, 1.165) is 12.0 Å². The Balaban J connectivity index is 2.33. The van der Waals surface area contributed by atoms with Gasteiger partial charge in [-0.05, 0) is 42.5 Å². The zero-order valence-corrected chi connectivity index (χ0v) is 9.56. The quantitative estimate of drug-likeness (QED) is 0.811. The minimum Gasteiger partial charge on any atom is -0.502 e. The summed E-state index contributed by atoms with van der Waals surface area (Å²) in [5, 5.41) is 9.76. The number of aromatic hydroxyl groups is 1. The van der Waals surface area contributed by atoms with E-state index in [4.69, 9.17) is 15.2 Å². The average Bonchev–Trinajstić information content (AvgIpc) is 3.08. The van der Waals surface area contributed by atoms with Crippen LogP contribution in [-0.2, 0) is 0 Å². The van der Waals surface area contributed by atoms with Crippen molar-refractivity contribution in [2.75, 3.05) is 20.8 Å². The van der Waals surface area contributed by atoms with E-state index in [-0.39, 0.29) is 5.75 Å². The zero-order valence-electron chi connectivity index (χ0n) is 9.56. The van der Waals surface area contributed by atoms with Gasteiger partial charge in [-0.15, -0.1) is 0 Å². The molecule has 1 aromatic rings. The molecule has 0 radical (unpaired) electrons. The fourth-order valence-corrected chi connectivity index (χ4v) is 2.04. The smallest absolute Gasteiger partial charge is 0.200 e. The molecular weight excluding hydrogens is 206 g/mol. The molecule has 0 heterocycles. The number of ether oxygens (including phenoxy) is 2. The van der Waals surface area contributed by atoms with Crippen LogP contribution in [0.5, 0.6) is 17.2 Å². The van der Waals surface area contributed by atoms with Gasteiger partial charge in [0.1, 0.15) is 0 Å². The third-order valence-corrected chi connectivity index (χ3v) is 3.16. The Hall–Kier alpha value is -1.42. The van der Waals surface area contributed by atoms with Crippen molar-refractivity contribution in [3.63, 3.8) is 0 Å². The maximum absolute atomic E-state index is 9.76. The molecule has 1 saturated carbocycles. The van der Waals surface area contributed by atoms with Crippen LogP contribution >= 0.6 is 0 Å². The Morgan fingerprint density at radius 3 is 2.25 bits per heavy atom. The molecule has 2 atom stereocenters. The monoisotopic (exact) mass is 223 g/mol. The molecule has 0 aromatic heterocycles. The van der Waals surface area contributed by atoms with Crippen molar-refractivity contribution in [3.05, 3.63) is 17.7 Å². The molecule has 0 amide bonds. The number of hydrogen-bond acceptors (Lipinski definition) is 4. The molecule has 0 bridgehead atoms. The molecule has 1 aliphatic rings. The highest BCUT2D eigenvalue weighted by Crippen LogP contribution is 2.50. The van der Waals surface area contributed by atoms with Crippen molar-refractivity contribution in [2.45, 2.75) is 12.3 Å². The second-order valence-electron chi connectivity index (χ2n) is 4.11. The van der Waals surface area contributed by atoms with Crippen molar-refractivity contribution in [2.24, 2.45) is 11.7 Å². The average molecular weight is 223 g/mol. The van der Waals surface area contributed by atoms with Crippen molar-refractivity contribution in [1.82, 2.24) is 0 Å². The Labute approximate surface area is 95.0 Å². The van der Waals surface area contributed by atoms with Gasteiger partial charge in [0, 0.05) is 0 Å². The van der Waals surface area contributed by atoms with E-state index < -0.39 is 0 Å². The normalized spacial score (nSPS) is 22.9. The minimum atomic E-state index is 0.0544. The van der Waals surface area contributed by atoms with E-state index in [1.165, 1.54) is 14.2 Å². The van der Waals surface area contributed by atoms with Gasteiger partial charge in [-0.25, -0.2) is 0 Å². The van der Waals surface area contributed by atoms with Gasteiger partial charge in [0.05, 0.1) is 14.2 Å². The first-order valence-electron chi connectivity index (χ1n) is 5.36. The van der Waals surface area contributed by atoms with E-state index >= 15 is 0 Å². The standard InChI is InChI=1S/C12H17NO3/c1-15-10-4-7(9-3-8(9)6-13)5-11(16-2)12(10)14/h4-5,8-9,14H,3,6,13H2,1-2H3/t8-,9-/m0/s1. The van der Waals surface area contributed by atoms with Gasteiger partial charge in [-0.3, -0.25) is 0 Å². The Bertz CT molecular complexity index is 367. The number of methoxy groups -OCH3 is 2. The topological polar surface area (TPSA) is 64.7 Å². The van der Waals surface area contributed by atoms with Crippen LogP contribution < -0.4 is 15.2 Å². The lowest BCUT2D eigenvalue weighted by Gasteiger charge is -2.11. The lowest BCUT2D eigenvalue weighted by atomic mass is 10.1. The second kappa shape index (κ2) is 4.22. The summed E-state index contributed by atoms with van der Waals surface area (Å²) in [6, 6.07) is 3.72. The fraction of sp³-hybridized carbons (Fsp3) is 0.500. The second-order valence-corrected chi connectivity index (χ2v) is 4.11. The molecule has 4 nitrogen and oxygen atoms in total. The van der Waals surface area contributed by atoms with Crippen LogP contribution in [0.4, 0.5) is 0 Å². The highest BCUT2D eigenvalue weighted by molar-refractivity contribution is 5.54. The number of phenolic OH excluding ortho intramolecular Hbond substituents is 1. The molecular formula is C12H17NO3. The predicted molar refractivity (Wildman–Crippen MR) is 61.1 cm³/mol. The van der Waals surface area contributed by atoms with E-state index in [1.54, 1.807) is 0 Å². The van der Waals surface area contributed by atoms with Gasteiger partial charge >= 0.3 is 0 Å². The van der Waals surface area contributed by atoms with E-state index in [0.29, 0.717) is 29.9 Å². The third kappa shape index (κ3) is 1.80. The third-order valence-electron chi connectivity index (χ3n) is 3.16. The molecule has 0 unspecified atom stereocenters. The Morgan fingerprint density at radius 2 is 1.88 bits per heavy atom. The molecule has 0 spiro atoms. The largest absolute Gasteiger partial charge is 0.502 e. The maximum atomic E-state index is 9.76. The van der Waals surface area contributed by atoms with Crippen LogP contribution in [0, 0.1) is 5.92 Å². The fourth-order valence-electron chi connectivity index (χ4n) is 2.04. The highest BCUT2D eigenvalue weighted by atomic mass is 16.5. The first-order chi connectivity index (χ1) is 7.71. The summed E-state index contributed by atoms with van der Waals surface area (Å²) < 4.78 is 10.2. The maximum Gasteiger partial charge on any atom is 0.200 e. The van der Waals surface area contributed by atoms with Crippen LogP contribution in [0.25, 0.3) is 0 Å². The molecule has 88 valence electrons. The number of benzene rings is 1. The summed E-state index contributed by atoms with van der Waals surface area (Å²) in [5.74, 6) is 2.00. The molecule has 1 aliphatic carbocycles. The van der Waals surface area contributed by atoms with Gasteiger partial charge < -0.3 is 20.3 Å². The number of phenols is 1. The van der Waals surface area contributed by atoms with Gasteiger partial charge in [0.2, 0.25) is 5.75 Å². The molecule has 1 aromatic carbocycles. The van der Waals surface area contributed by atoms with Crippen molar-refractivity contribution >= 4 is 0 Å². The molecule has 0 saturated heterocycles. The van der Waals surface area contributed by atoms with Crippen molar-refractivity contribution in [3.8, 4) is 17.2 Å². The summed E-state index contributed by atoms with van der Waals surface area (Å²) in [6.45, 7) is 0.705. The minimum absolute atomic E-state index is 0.0544. The first kappa shape index (κ1) is 11.1. The van der Waals surface area contributed by atoms with Gasteiger partial charge in [-0.1, -0.05) is 0 Å². The van der Waals surface area contributed by atoms with Crippen LogP contribution in [-0.4, -0.2) is 25.9 Å². The predicted octanol–water partition coefficient (Wildman–Crippen LogP) is 1.47. The van der Waals surface area contributed by atoms with Crippen molar-refractivity contribution in [1.29, 1.82) is 0 Å². The number of nitrogens with two attached hydrogens (primary N) is 1. The van der Waals surface area contributed by atoms with Crippen LogP contribution in [0.2, 0.25) is 0 Å². The van der Waals surface area contributed by atoms with Crippen LogP contribution in [0.1, 0.15) is 17.9 Å². The van der Waals surface area contributed by atoms with E-state index in [1.807, 2.05) is 12.1 Å². The van der Waals surface area contributed by atoms with E-state index in [9.17, 15) is 5.11 Å². The van der Waals surface area contributed by atoms with Gasteiger partial charge in [0.25, 0.3) is 0 Å². The lowest BCUT2D eigenvalue weighted by molar-refractivity contribution is 0.339.